The summed E-state index contributed by atoms with van der Waals surface area (Å²) in [5.41, 5.74) is 3.78. The first kappa shape index (κ1) is 13.3. The molecular weight excluding hydrogens is 290 g/mol. The molecule has 1 aliphatic heterocycles. The molecule has 2 nitrogen and oxygen atoms in total. The lowest BCUT2D eigenvalue weighted by molar-refractivity contribution is -0.110. The van der Waals surface area contributed by atoms with Crippen molar-refractivity contribution >= 4 is 40.5 Å². The van der Waals surface area contributed by atoms with Crippen molar-refractivity contribution in [3.63, 3.8) is 0 Å². The van der Waals surface area contributed by atoms with Gasteiger partial charge in [-0.15, -0.1) is 11.8 Å². The van der Waals surface area contributed by atoms with Gasteiger partial charge in [0.1, 0.15) is 0 Å². The van der Waals surface area contributed by atoms with E-state index >= 15 is 0 Å². The Bertz CT molecular complexity index is 679. The van der Waals surface area contributed by atoms with E-state index in [9.17, 15) is 4.79 Å². The summed E-state index contributed by atoms with van der Waals surface area (Å²) in [6, 6.07) is 15.5. The molecule has 0 aromatic heterocycles. The smallest absolute Gasteiger partial charge is 0.256 e. The van der Waals surface area contributed by atoms with E-state index in [2.05, 4.69) is 5.32 Å². The molecule has 100 valence electrons. The summed E-state index contributed by atoms with van der Waals surface area (Å²) in [6.07, 6.45) is 0. The molecule has 20 heavy (non-hydrogen) atoms. The van der Waals surface area contributed by atoms with Crippen LogP contribution in [0.15, 0.2) is 53.9 Å². The molecule has 1 amide bonds. The third-order valence-corrected chi connectivity index (χ3v) is 4.23. The van der Waals surface area contributed by atoms with Crippen LogP contribution in [0, 0.1) is 0 Å². The molecule has 1 heterocycles. The fourth-order valence-corrected chi connectivity index (χ4v) is 3.05. The van der Waals surface area contributed by atoms with Gasteiger partial charge in [0.25, 0.3) is 5.91 Å². The van der Waals surface area contributed by atoms with E-state index in [0.29, 0.717) is 0 Å². The second kappa shape index (κ2) is 5.73. The Morgan fingerprint density at radius 2 is 1.85 bits per heavy atom. The van der Waals surface area contributed by atoms with Crippen molar-refractivity contribution in [2.75, 3.05) is 5.32 Å². The van der Waals surface area contributed by atoms with Crippen molar-refractivity contribution in [2.24, 2.45) is 0 Å². The van der Waals surface area contributed by atoms with Crippen LogP contribution >= 0.6 is 23.4 Å². The summed E-state index contributed by atoms with van der Waals surface area (Å²) in [4.78, 5) is 11.9. The maximum Gasteiger partial charge on any atom is 0.256 e. The topological polar surface area (TPSA) is 29.1 Å². The highest BCUT2D eigenvalue weighted by Gasteiger charge is 2.22. The standard InChI is InChI=1S/C16H12ClNOS/c17-12-7-5-11(6-8-12)9-20-10-14-13-3-1-2-4-15(13)18-16(14)19/h1-8,10H,9H2,(H,18,19). The molecule has 0 radical (unpaired) electrons. The average molecular weight is 302 g/mol. The van der Waals surface area contributed by atoms with Gasteiger partial charge >= 0.3 is 0 Å². The predicted molar refractivity (Wildman–Crippen MR) is 85.8 cm³/mol. The molecule has 0 saturated carbocycles. The predicted octanol–water partition coefficient (Wildman–Crippen LogP) is 4.57. The average Bonchev–Trinajstić information content (AvgIpc) is 2.77. The second-order valence-electron chi connectivity index (χ2n) is 4.47. The number of carbonyl (C=O) groups excluding carboxylic acids is 1. The molecule has 2 aromatic rings. The van der Waals surface area contributed by atoms with E-state index < -0.39 is 0 Å². The van der Waals surface area contributed by atoms with Crippen LogP contribution in [0.2, 0.25) is 5.02 Å². The molecule has 0 spiro atoms. The molecule has 1 N–H and O–H groups in total. The van der Waals surface area contributed by atoms with Crippen molar-refractivity contribution in [3.05, 3.63) is 70.1 Å². The number of hydrogen-bond donors (Lipinski definition) is 1. The Morgan fingerprint density at radius 3 is 2.65 bits per heavy atom. The number of thioether (sulfide) groups is 1. The number of rotatable bonds is 3. The van der Waals surface area contributed by atoms with Crippen LogP contribution in [0.3, 0.4) is 0 Å². The lowest BCUT2D eigenvalue weighted by Gasteiger charge is -2.00. The Kier molecular flexibility index (Phi) is 3.81. The lowest BCUT2D eigenvalue weighted by atomic mass is 10.1. The zero-order valence-corrected chi connectivity index (χ0v) is 12.2. The van der Waals surface area contributed by atoms with Crippen LogP contribution < -0.4 is 5.32 Å². The number of nitrogens with one attached hydrogen (secondary N) is 1. The van der Waals surface area contributed by atoms with Crippen LogP contribution in [-0.2, 0) is 10.5 Å². The minimum atomic E-state index is -0.0326. The third kappa shape index (κ3) is 2.74. The summed E-state index contributed by atoms with van der Waals surface area (Å²) in [5, 5.41) is 5.53. The summed E-state index contributed by atoms with van der Waals surface area (Å²) in [5.74, 6) is 0.783. The van der Waals surface area contributed by atoms with Gasteiger partial charge in [-0.05, 0) is 29.2 Å². The maximum absolute atomic E-state index is 11.9. The van der Waals surface area contributed by atoms with Gasteiger partial charge in [-0.3, -0.25) is 4.79 Å². The highest BCUT2D eigenvalue weighted by atomic mass is 35.5. The summed E-state index contributed by atoms with van der Waals surface area (Å²) in [6.45, 7) is 0. The minimum absolute atomic E-state index is 0.0326. The molecule has 0 unspecified atom stereocenters. The van der Waals surface area contributed by atoms with Crippen molar-refractivity contribution in [1.82, 2.24) is 0 Å². The van der Waals surface area contributed by atoms with Gasteiger partial charge in [0.2, 0.25) is 0 Å². The van der Waals surface area contributed by atoms with Crippen LogP contribution in [0.4, 0.5) is 5.69 Å². The Hall–Kier alpha value is -1.71. The van der Waals surface area contributed by atoms with Gasteiger partial charge < -0.3 is 5.32 Å². The number of anilines is 1. The number of para-hydroxylation sites is 1. The van der Waals surface area contributed by atoms with Gasteiger partial charge in [0, 0.05) is 22.0 Å². The van der Waals surface area contributed by atoms with E-state index in [1.54, 1.807) is 11.8 Å². The first-order valence-corrected chi connectivity index (χ1v) is 7.64. The van der Waals surface area contributed by atoms with Crippen molar-refractivity contribution in [3.8, 4) is 0 Å². The molecule has 0 atom stereocenters. The largest absolute Gasteiger partial charge is 0.321 e. The Balaban J connectivity index is 1.73. The zero-order chi connectivity index (χ0) is 13.9. The van der Waals surface area contributed by atoms with Crippen molar-refractivity contribution in [2.45, 2.75) is 5.75 Å². The molecular formula is C16H12ClNOS. The molecule has 3 rings (SSSR count). The van der Waals surface area contributed by atoms with E-state index in [1.807, 2.05) is 53.9 Å². The highest BCUT2D eigenvalue weighted by molar-refractivity contribution is 8.01. The zero-order valence-electron chi connectivity index (χ0n) is 10.6. The minimum Gasteiger partial charge on any atom is -0.321 e. The van der Waals surface area contributed by atoms with Crippen LogP contribution in [0.1, 0.15) is 11.1 Å². The first-order chi connectivity index (χ1) is 9.74. The number of hydrogen-bond acceptors (Lipinski definition) is 2. The van der Waals surface area contributed by atoms with Crippen molar-refractivity contribution < 1.29 is 4.79 Å². The van der Waals surface area contributed by atoms with Gasteiger partial charge in [-0.1, -0.05) is 41.9 Å². The Labute approximate surface area is 126 Å². The van der Waals surface area contributed by atoms with Crippen LogP contribution in [-0.4, -0.2) is 5.91 Å². The monoisotopic (exact) mass is 301 g/mol. The molecule has 1 aliphatic rings. The molecule has 4 heteroatoms. The van der Waals surface area contributed by atoms with Crippen LogP contribution in [0.25, 0.3) is 5.57 Å². The number of halogens is 1. The summed E-state index contributed by atoms with van der Waals surface area (Å²) < 4.78 is 0. The number of carbonyl (C=O) groups is 1. The highest BCUT2D eigenvalue weighted by Crippen LogP contribution is 2.33. The lowest BCUT2D eigenvalue weighted by Crippen LogP contribution is -2.03. The second-order valence-corrected chi connectivity index (χ2v) is 5.76. The molecule has 0 saturated heterocycles. The van der Waals surface area contributed by atoms with E-state index in [4.69, 9.17) is 11.6 Å². The van der Waals surface area contributed by atoms with E-state index in [1.165, 1.54) is 5.56 Å². The number of benzene rings is 2. The third-order valence-electron chi connectivity index (χ3n) is 3.07. The quantitative estimate of drug-likeness (QED) is 0.842. The fraction of sp³-hybridized carbons (Fsp3) is 0.0625. The fourth-order valence-electron chi connectivity index (χ4n) is 2.06. The van der Waals surface area contributed by atoms with Gasteiger partial charge in [-0.2, -0.15) is 0 Å². The summed E-state index contributed by atoms with van der Waals surface area (Å²) >= 11 is 7.46. The first-order valence-electron chi connectivity index (χ1n) is 6.21. The maximum atomic E-state index is 11.9. The van der Waals surface area contributed by atoms with E-state index in [0.717, 1.165) is 27.6 Å². The number of fused-ring (bicyclic) bond motifs is 1. The van der Waals surface area contributed by atoms with Crippen LogP contribution in [0.5, 0.6) is 0 Å². The SMILES string of the molecule is O=C1Nc2ccccc2C1=CSCc1ccc(Cl)cc1. The molecule has 0 fully saturated rings. The van der Waals surface area contributed by atoms with E-state index in [-0.39, 0.29) is 5.91 Å². The van der Waals surface area contributed by atoms with Gasteiger partial charge in [0.05, 0.1) is 5.57 Å². The molecule has 0 aliphatic carbocycles. The van der Waals surface area contributed by atoms with Gasteiger partial charge in [0.15, 0.2) is 0 Å². The Morgan fingerprint density at radius 1 is 1.10 bits per heavy atom. The molecule has 2 aromatic carbocycles. The van der Waals surface area contributed by atoms with Crippen molar-refractivity contribution in [1.29, 1.82) is 0 Å². The van der Waals surface area contributed by atoms with Gasteiger partial charge in [-0.25, -0.2) is 0 Å². The molecule has 0 bridgehead atoms. The number of amides is 1. The summed E-state index contributed by atoms with van der Waals surface area (Å²) in [7, 11) is 0. The normalized spacial score (nSPS) is 15.2.